The highest BCUT2D eigenvalue weighted by Crippen LogP contribution is 2.41. The van der Waals surface area contributed by atoms with Gasteiger partial charge in [-0.3, -0.25) is 4.98 Å². The van der Waals surface area contributed by atoms with Crippen LogP contribution in [0, 0.1) is 12.8 Å². The Morgan fingerprint density at radius 1 is 1.29 bits per heavy atom. The molecular weight excluding hydrogens is 214 g/mol. The molecule has 0 amide bonds. The van der Waals surface area contributed by atoms with E-state index >= 15 is 0 Å². The fraction of sp³-hybridized carbons (Fsp3) is 0.643. The number of nitrogens with zero attached hydrogens (tertiary/aromatic N) is 1. The van der Waals surface area contributed by atoms with E-state index in [1.54, 1.807) is 0 Å². The van der Waals surface area contributed by atoms with Crippen LogP contribution in [0.25, 0.3) is 0 Å². The van der Waals surface area contributed by atoms with E-state index in [2.05, 4.69) is 25.8 Å². The standard InChI is InChI=1S/C14H21NO2/c1-8(2)10(4)12-6-15-11(5)13-14(12)16-7-9(3)17-13/h6,8-10H,7H2,1-5H3. The first kappa shape index (κ1) is 12.2. The van der Waals surface area contributed by atoms with Gasteiger partial charge in [-0.25, -0.2) is 0 Å². The van der Waals surface area contributed by atoms with Gasteiger partial charge in [0.1, 0.15) is 12.7 Å². The Morgan fingerprint density at radius 2 is 2.00 bits per heavy atom. The van der Waals surface area contributed by atoms with Crippen molar-refractivity contribution in [3.8, 4) is 11.5 Å². The molecule has 17 heavy (non-hydrogen) atoms. The second kappa shape index (κ2) is 4.55. The smallest absolute Gasteiger partial charge is 0.183 e. The zero-order valence-corrected chi connectivity index (χ0v) is 11.3. The van der Waals surface area contributed by atoms with E-state index in [1.807, 2.05) is 20.0 Å². The van der Waals surface area contributed by atoms with Crippen molar-refractivity contribution < 1.29 is 9.47 Å². The van der Waals surface area contributed by atoms with Gasteiger partial charge in [-0.1, -0.05) is 20.8 Å². The molecule has 0 bridgehead atoms. The second-order valence-corrected chi connectivity index (χ2v) is 5.23. The molecule has 1 aliphatic rings. The van der Waals surface area contributed by atoms with Gasteiger partial charge in [0.2, 0.25) is 0 Å². The number of aryl methyl sites for hydroxylation is 1. The summed E-state index contributed by atoms with van der Waals surface area (Å²) in [6.07, 6.45) is 2.03. The average Bonchev–Trinajstić information content (AvgIpc) is 2.29. The molecule has 3 heteroatoms. The summed E-state index contributed by atoms with van der Waals surface area (Å²) in [7, 11) is 0. The van der Waals surface area contributed by atoms with Crippen molar-refractivity contribution in [2.45, 2.75) is 46.6 Å². The lowest BCUT2D eigenvalue weighted by atomic mass is 9.90. The molecule has 1 aliphatic heterocycles. The molecule has 2 heterocycles. The summed E-state index contributed by atoms with van der Waals surface area (Å²) < 4.78 is 11.7. The Morgan fingerprint density at radius 3 is 2.65 bits per heavy atom. The number of hydrogen-bond acceptors (Lipinski definition) is 3. The quantitative estimate of drug-likeness (QED) is 0.788. The molecule has 0 aromatic carbocycles. The molecule has 0 saturated carbocycles. The molecule has 2 unspecified atom stereocenters. The summed E-state index contributed by atoms with van der Waals surface area (Å²) in [5.74, 6) is 2.71. The lowest BCUT2D eigenvalue weighted by Crippen LogP contribution is -2.27. The number of pyridine rings is 1. The molecule has 0 fully saturated rings. The van der Waals surface area contributed by atoms with E-state index in [4.69, 9.17) is 9.47 Å². The van der Waals surface area contributed by atoms with E-state index in [9.17, 15) is 0 Å². The normalized spacial score (nSPS) is 20.5. The van der Waals surface area contributed by atoms with Crippen molar-refractivity contribution in [1.82, 2.24) is 4.98 Å². The fourth-order valence-electron chi connectivity index (χ4n) is 1.99. The molecule has 0 spiro atoms. The number of aromatic nitrogens is 1. The summed E-state index contributed by atoms with van der Waals surface area (Å²) in [5, 5.41) is 0. The highest BCUT2D eigenvalue weighted by Gasteiger charge is 2.26. The Bertz CT molecular complexity index is 415. The van der Waals surface area contributed by atoms with Crippen LogP contribution >= 0.6 is 0 Å². The van der Waals surface area contributed by atoms with Gasteiger partial charge in [-0.05, 0) is 25.7 Å². The molecule has 1 aromatic heterocycles. The van der Waals surface area contributed by atoms with Gasteiger partial charge in [0.15, 0.2) is 11.5 Å². The van der Waals surface area contributed by atoms with Crippen molar-refractivity contribution in [3.05, 3.63) is 17.5 Å². The number of fused-ring (bicyclic) bond motifs is 1. The van der Waals surface area contributed by atoms with Crippen LogP contribution in [0.1, 0.15) is 44.9 Å². The summed E-state index contributed by atoms with van der Waals surface area (Å²) in [6, 6.07) is 0. The minimum atomic E-state index is 0.104. The van der Waals surface area contributed by atoms with Crippen molar-refractivity contribution in [1.29, 1.82) is 0 Å². The van der Waals surface area contributed by atoms with Crippen molar-refractivity contribution in [2.24, 2.45) is 5.92 Å². The summed E-state index contributed by atoms with van der Waals surface area (Å²) in [5.41, 5.74) is 2.07. The maximum atomic E-state index is 5.85. The molecule has 1 aromatic rings. The van der Waals surface area contributed by atoms with Crippen LogP contribution in [0.15, 0.2) is 6.20 Å². The highest BCUT2D eigenvalue weighted by atomic mass is 16.6. The average molecular weight is 235 g/mol. The molecule has 0 aliphatic carbocycles. The van der Waals surface area contributed by atoms with Crippen LogP contribution in [0.2, 0.25) is 0 Å². The number of ether oxygens (including phenoxy) is 2. The molecular formula is C14H21NO2. The Balaban J connectivity index is 2.46. The zero-order valence-electron chi connectivity index (χ0n) is 11.3. The van der Waals surface area contributed by atoms with Gasteiger partial charge in [0.25, 0.3) is 0 Å². The first-order valence-electron chi connectivity index (χ1n) is 6.29. The van der Waals surface area contributed by atoms with E-state index in [1.165, 1.54) is 0 Å². The third-order valence-electron chi connectivity index (χ3n) is 3.47. The fourth-order valence-corrected chi connectivity index (χ4v) is 1.99. The van der Waals surface area contributed by atoms with Crippen LogP contribution in [-0.4, -0.2) is 17.7 Å². The Labute approximate surface area is 103 Å². The number of rotatable bonds is 2. The molecule has 0 radical (unpaired) electrons. The third kappa shape index (κ3) is 2.24. The monoisotopic (exact) mass is 235 g/mol. The van der Waals surface area contributed by atoms with Crippen LogP contribution in [-0.2, 0) is 0 Å². The predicted octanol–water partition coefficient (Wildman–Crippen LogP) is 3.31. The van der Waals surface area contributed by atoms with Crippen molar-refractivity contribution in [2.75, 3.05) is 6.61 Å². The van der Waals surface area contributed by atoms with Gasteiger partial charge < -0.3 is 9.47 Å². The predicted molar refractivity (Wildman–Crippen MR) is 67.8 cm³/mol. The Kier molecular flexibility index (Phi) is 3.27. The molecule has 2 rings (SSSR count). The summed E-state index contributed by atoms with van der Waals surface area (Å²) >= 11 is 0. The highest BCUT2D eigenvalue weighted by molar-refractivity contribution is 5.50. The zero-order chi connectivity index (χ0) is 12.6. The first-order valence-corrected chi connectivity index (χ1v) is 6.29. The van der Waals surface area contributed by atoms with Crippen LogP contribution < -0.4 is 9.47 Å². The van der Waals surface area contributed by atoms with E-state index in [0.29, 0.717) is 18.4 Å². The van der Waals surface area contributed by atoms with E-state index in [-0.39, 0.29) is 6.10 Å². The van der Waals surface area contributed by atoms with Crippen LogP contribution in [0.4, 0.5) is 0 Å². The molecule has 94 valence electrons. The first-order chi connectivity index (χ1) is 8.00. The minimum Gasteiger partial charge on any atom is -0.485 e. The largest absolute Gasteiger partial charge is 0.485 e. The van der Waals surface area contributed by atoms with Gasteiger partial charge in [0.05, 0.1) is 5.69 Å². The van der Waals surface area contributed by atoms with Gasteiger partial charge >= 0.3 is 0 Å². The molecule has 2 atom stereocenters. The molecule has 0 N–H and O–H groups in total. The maximum absolute atomic E-state index is 5.85. The second-order valence-electron chi connectivity index (χ2n) is 5.23. The summed E-state index contributed by atoms with van der Waals surface area (Å²) in [6.45, 7) is 11.2. The van der Waals surface area contributed by atoms with Gasteiger partial charge in [-0.15, -0.1) is 0 Å². The van der Waals surface area contributed by atoms with Crippen molar-refractivity contribution >= 4 is 0 Å². The summed E-state index contributed by atoms with van der Waals surface area (Å²) in [4.78, 5) is 4.43. The lowest BCUT2D eigenvalue weighted by Gasteiger charge is -2.29. The third-order valence-corrected chi connectivity index (χ3v) is 3.47. The van der Waals surface area contributed by atoms with Crippen LogP contribution in [0.3, 0.4) is 0 Å². The Hall–Kier alpha value is -1.25. The van der Waals surface area contributed by atoms with Gasteiger partial charge in [0, 0.05) is 11.8 Å². The molecule has 3 nitrogen and oxygen atoms in total. The molecule has 0 saturated heterocycles. The number of hydrogen-bond donors (Lipinski definition) is 0. The van der Waals surface area contributed by atoms with Crippen LogP contribution in [0.5, 0.6) is 11.5 Å². The van der Waals surface area contributed by atoms with Gasteiger partial charge in [-0.2, -0.15) is 0 Å². The van der Waals surface area contributed by atoms with Crippen molar-refractivity contribution in [3.63, 3.8) is 0 Å². The van der Waals surface area contributed by atoms with E-state index < -0.39 is 0 Å². The van der Waals surface area contributed by atoms with E-state index in [0.717, 1.165) is 22.8 Å². The SMILES string of the molecule is Cc1ncc(C(C)C(C)C)c2c1OC(C)CO2. The lowest BCUT2D eigenvalue weighted by molar-refractivity contribution is 0.100. The minimum absolute atomic E-state index is 0.104. The maximum Gasteiger partial charge on any atom is 0.183 e. The topological polar surface area (TPSA) is 31.4 Å².